The highest BCUT2D eigenvalue weighted by Crippen LogP contribution is 2.20. The first kappa shape index (κ1) is 17.7. The Morgan fingerprint density at radius 1 is 1.22 bits per heavy atom. The van der Waals surface area contributed by atoms with Gasteiger partial charge >= 0.3 is 6.09 Å². The third kappa shape index (κ3) is 5.82. The van der Waals surface area contributed by atoms with E-state index in [0.717, 1.165) is 24.8 Å². The van der Waals surface area contributed by atoms with Crippen LogP contribution in [0.5, 0.6) is 5.75 Å². The van der Waals surface area contributed by atoms with E-state index in [4.69, 9.17) is 19.3 Å². The number of nitrogens with zero attached hydrogens (tertiary/aromatic N) is 1. The van der Waals surface area contributed by atoms with E-state index in [9.17, 15) is 4.79 Å². The summed E-state index contributed by atoms with van der Waals surface area (Å²) in [7, 11) is 0. The number of aliphatic hydroxyl groups is 1. The smallest absolute Gasteiger partial charge is 0.410 e. The molecule has 0 saturated carbocycles. The molecule has 1 fully saturated rings. The lowest BCUT2D eigenvalue weighted by atomic mass is 10.1. The van der Waals surface area contributed by atoms with Crippen LogP contribution < -0.4 is 4.74 Å². The van der Waals surface area contributed by atoms with E-state index in [1.807, 2.05) is 19.1 Å². The summed E-state index contributed by atoms with van der Waals surface area (Å²) >= 11 is 0. The van der Waals surface area contributed by atoms with Gasteiger partial charge in [-0.1, -0.05) is 17.7 Å². The zero-order valence-electron chi connectivity index (χ0n) is 13.6. The first-order chi connectivity index (χ1) is 11.2. The predicted molar refractivity (Wildman–Crippen MR) is 85.4 cm³/mol. The summed E-state index contributed by atoms with van der Waals surface area (Å²) in [6.45, 7) is 3.70. The van der Waals surface area contributed by atoms with Crippen molar-refractivity contribution >= 4 is 6.09 Å². The summed E-state index contributed by atoms with van der Waals surface area (Å²) in [5.74, 6) is 0.538. The number of hydrogen-bond donors (Lipinski definition) is 1. The highest BCUT2D eigenvalue weighted by atomic mass is 16.6. The van der Waals surface area contributed by atoms with Crippen LogP contribution in [0.25, 0.3) is 0 Å². The van der Waals surface area contributed by atoms with E-state index in [1.165, 1.54) is 0 Å². The van der Waals surface area contributed by atoms with Crippen LogP contribution in [0.2, 0.25) is 0 Å². The lowest BCUT2D eigenvalue weighted by Gasteiger charge is -2.34. The monoisotopic (exact) mass is 323 g/mol. The molecule has 1 aliphatic rings. The van der Waals surface area contributed by atoms with Crippen LogP contribution in [0, 0.1) is 6.92 Å². The molecule has 2 rings (SSSR count). The molecule has 1 heterocycles. The molecule has 1 aliphatic heterocycles. The molecule has 23 heavy (non-hydrogen) atoms. The van der Waals surface area contributed by atoms with Crippen LogP contribution >= 0.6 is 0 Å². The summed E-state index contributed by atoms with van der Waals surface area (Å²) < 4.78 is 16.3. The van der Waals surface area contributed by atoms with E-state index >= 15 is 0 Å². The molecule has 1 aromatic carbocycles. The first-order valence-electron chi connectivity index (χ1n) is 8.06. The Labute approximate surface area is 136 Å². The van der Waals surface area contributed by atoms with Gasteiger partial charge in [0.25, 0.3) is 0 Å². The molecular formula is C17H25NO5. The highest BCUT2D eigenvalue weighted by molar-refractivity contribution is 5.71. The number of rotatable bonds is 7. The van der Waals surface area contributed by atoms with Crippen molar-refractivity contribution in [1.29, 1.82) is 0 Å². The van der Waals surface area contributed by atoms with Crippen molar-refractivity contribution in [3.8, 4) is 5.75 Å². The second-order valence-corrected chi connectivity index (χ2v) is 5.53. The summed E-state index contributed by atoms with van der Waals surface area (Å²) in [4.78, 5) is 14.0. The van der Waals surface area contributed by atoms with E-state index in [2.05, 4.69) is 0 Å². The fraction of sp³-hybridized carbons (Fsp3) is 0.588. The minimum absolute atomic E-state index is 0.00156. The minimum atomic E-state index is -0.380. The zero-order valence-corrected chi connectivity index (χ0v) is 13.6. The SMILES string of the molecule is Cc1ccc(OC(=O)N2CCCCC2OCCOCCO)cc1. The van der Waals surface area contributed by atoms with Crippen LogP contribution in [0.15, 0.2) is 24.3 Å². The molecule has 128 valence electrons. The Bertz CT molecular complexity index is 476. The number of piperidine rings is 1. The van der Waals surface area contributed by atoms with Gasteiger partial charge in [0.1, 0.15) is 12.0 Å². The number of benzene rings is 1. The Hall–Kier alpha value is -1.63. The first-order valence-corrected chi connectivity index (χ1v) is 8.06. The van der Waals surface area contributed by atoms with Gasteiger partial charge < -0.3 is 19.3 Å². The van der Waals surface area contributed by atoms with Crippen LogP contribution in [0.4, 0.5) is 4.79 Å². The molecule has 1 unspecified atom stereocenters. The van der Waals surface area contributed by atoms with Crippen molar-refractivity contribution in [3.05, 3.63) is 29.8 Å². The third-order valence-corrected chi connectivity index (χ3v) is 3.68. The van der Waals surface area contributed by atoms with Gasteiger partial charge in [0, 0.05) is 6.54 Å². The number of carbonyl (C=O) groups excluding carboxylic acids is 1. The number of ether oxygens (including phenoxy) is 3. The lowest BCUT2D eigenvalue weighted by Crippen LogP contribution is -2.46. The van der Waals surface area contributed by atoms with Gasteiger partial charge in [0.05, 0.1) is 26.4 Å². The van der Waals surface area contributed by atoms with Crippen LogP contribution in [-0.2, 0) is 9.47 Å². The van der Waals surface area contributed by atoms with Crippen molar-refractivity contribution < 1.29 is 24.1 Å². The Balaban J connectivity index is 1.84. The van der Waals surface area contributed by atoms with E-state index in [-0.39, 0.29) is 18.9 Å². The summed E-state index contributed by atoms with van der Waals surface area (Å²) in [5.41, 5.74) is 1.12. The van der Waals surface area contributed by atoms with E-state index in [0.29, 0.717) is 32.1 Å². The number of amides is 1. The van der Waals surface area contributed by atoms with Gasteiger partial charge in [-0.25, -0.2) is 4.79 Å². The largest absolute Gasteiger partial charge is 0.417 e. The maximum absolute atomic E-state index is 12.4. The molecule has 1 N–H and O–H groups in total. The van der Waals surface area contributed by atoms with Crippen molar-refractivity contribution in [3.63, 3.8) is 0 Å². The molecule has 0 aromatic heterocycles. The van der Waals surface area contributed by atoms with Gasteiger partial charge in [0.15, 0.2) is 0 Å². The number of aliphatic hydroxyl groups excluding tert-OH is 1. The van der Waals surface area contributed by atoms with Crippen molar-refractivity contribution in [1.82, 2.24) is 4.90 Å². The van der Waals surface area contributed by atoms with E-state index in [1.54, 1.807) is 17.0 Å². The van der Waals surface area contributed by atoms with Crippen LogP contribution in [-0.4, -0.2) is 55.3 Å². The summed E-state index contributed by atoms with van der Waals surface area (Å²) in [6, 6.07) is 7.39. The summed E-state index contributed by atoms with van der Waals surface area (Å²) in [5, 5.41) is 8.65. The number of carbonyl (C=O) groups is 1. The average molecular weight is 323 g/mol. The molecule has 0 spiro atoms. The Morgan fingerprint density at radius 2 is 2.00 bits per heavy atom. The maximum atomic E-state index is 12.4. The molecule has 0 bridgehead atoms. The molecule has 0 radical (unpaired) electrons. The minimum Gasteiger partial charge on any atom is -0.410 e. The zero-order chi connectivity index (χ0) is 16.5. The molecule has 1 aromatic rings. The lowest BCUT2D eigenvalue weighted by molar-refractivity contribution is -0.0815. The van der Waals surface area contributed by atoms with Gasteiger partial charge in [-0.05, 0) is 38.3 Å². The highest BCUT2D eigenvalue weighted by Gasteiger charge is 2.28. The van der Waals surface area contributed by atoms with Crippen LogP contribution in [0.1, 0.15) is 24.8 Å². The van der Waals surface area contributed by atoms with Gasteiger partial charge in [-0.3, -0.25) is 4.90 Å². The van der Waals surface area contributed by atoms with Gasteiger partial charge in [0.2, 0.25) is 0 Å². The Kier molecular flexibility index (Phi) is 7.32. The van der Waals surface area contributed by atoms with Crippen molar-refractivity contribution in [2.45, 2.75) is 32.4 Å². The summed E-state index contributed by atoms with van der Waals surface area (Å²) in [6.07, 6.45) is 2.11. The molecule has 6 heteroatoms. The second kappa shape index (κ2) is 9.50. The predicted octanol–water partition coefficient (Wildman–Crippen LogP) is 2.33. The molecule has 1 saturated heterocycles. The van der Waals surface area contributed by atoms with Crippen molar-refractivity contribution in [2.75, 3.05) is 33.0 Å². The Morgan fingerprint density at radius 3 is 2.74 bits per heavy atom. The normalized spacial score (nSPS) is 18.0. The number of likely N-dealkylation sites (tertiary alicyclic amines) is 1. The van der Waals surface area contributed by atoms with Crippen LogP contribution in [0.3, 0.4) is 0 Å². The molecule has 1 amide bonds. The second-order valence-electron chi connectivity index (χ2n) is 5.53. The molecule has 0 aliphatic carbocycles. The van der Waals surface area contributed by atoms with E-state index < -0.39 is 0 Å². The molecule has 1 atom stereocenters. The number of aryl methyl sites for hydroxylation is 1. The fourth-order valence-corrected chi connectivity index (χ4v) is 2.46. The fourth-order valence-electron chi connectivity index (χ4n) is 2.46. The molecular weight excluding hydrogens is 298 g/mol. The topological polar surface area (TPSA) is 68.2 Å². The third-order valence-electron chi connectivity index (χ3n) is 3.68. The van der Waals surface area contributed by atoms with Crippen molar-refractivity contribution in [2.24, 2.45) is 0 Å². The van der Waals surface area contributed by atoms with Gasteiger partial charge in [-0.2, -0.15) is 0 Å². The quantitative estimate of drug-likeness (QED) is 0.780. The van der Waals surface area contributed by atoms with Gasteiger partial charge in [-0.15, -0.1) is 0 Å². The molecule has 6 nitrogen and oxygen atoms in total. The average Bonchev–Trinajstić information content (AvgIpc) is 2.57. The number of hydrogen-bond acceptors (Lipinski definition) is 5. The standard InChI is InChI=1S/C17H25NO5/c1-14-5-7-15(8-6-14)23-17(20)18-9-3-2-4-16(18)22-13-12-21-11-10-19/h5-8,16,19H,2-4,9-13H2,1H3. The maximum Gasteiger partial charge on any atom is 0.417 e.